The van der Waals surface area contributed by atoms with Gasteiger partial charge in [-0.2, -0.15) is 0 Å². The number of hydrogen-bond acceptors (Lipinski definition) is 2. The summed E-state index contributed by atoms with van der Waals surface area (Å²) in [6.45, 7) is 8.03. The van der Waals surface area contributed by atoms with E-state index in [4.69, 9.17) is 0 Å². The molecule has 2 aromatic rings. The maximum Gasteiger partial charge on any atom is 0.256 e. The highest BCUT2D eigenvalue weighted by atomic mass is 19.1. The summed E-state index contributed by atoms with van der Waals surface area (Å²) >= 11 is 0. The summed E-state index contributed by atoms with van der Waals surface area (Å²) in [7, 11) is 0. The van der Waals surface area contributed by atoms with Crippen molar-refractivity contribution in [3.05, 3.63) is 70.5 Å². The second kappa shape index (κ2) is 7.14. The third-order valence-corrected chi connectivity index (χ3v) is 4.66. The number of carbonyl (C=O) groups excluding carboxylic acids is 1. The molecule has 0 unspecified atom stereocenters. The lowest BCUT2D eigenvalue weighted by atomic mass is 10.0. The average molecular weight is 326 g/mol. The molecular formula is C20H23FN2O. The minimum atomic E-state index is -0.444. The molecule has 0 aromatic heterocycles. The smallest absolute Gasteiger partial charge is 0.256 e. The molecule has 3 nitrogen and oxygen atoms in total. The summed E-state index contributed by atoms with van der Waals surface area (Å²) in [4.78, 5) is 16.6. The monoisotopic (exact) mass is 326 g/mol. The van der Waals surface area contributed by atoms with E-state index >= 15 is 0 Å². The van der Waals surface area contributed by atoms with Gasteiger partial charge in [0.1, 0.15) is 5.82 Å². The summed E-state index contributed by atoms with van der Waals surface area (Å²) < 4.78 is 13.8. The van der Waals surface area contributed by atoms with Crippen molar-refractivity contribution >= 4 is 5.91 Å². The molecule has 3 rings (SSSR count). The second-order valence-corrected chi connectivity index (χ2v) is 6.48. The molecule has 1 saturated heterocycles. The number of piperazine rings is 1. The van der Waals surface area contributed by atoms with Crippen molar-refractivity contribution in [2.45, 2.75) is 20.4 Å². The van der Waals surface area contributed by atoms with E-state index in [2.05, 4.69) is 36.9 Å². The Balaban J connectivity index is 1.61. The van der Waals surface area contributed by atoms with Crippen molar-refractivity contribution in [2.24, 2.45) is 0 Å². The van der Waals surface area contributed by atoms with Gasteiger partial charge in [0.15, 0.2) is 0 Å². The van der Waals surface area contributed by atoms with Crippen LogP contribution < -0.4 is 0 Å². The zero-order valence-corrected chi connectivity index (χ0v) is 14.3. The Bertz CT molecular complexity index is 736. The number of benzene rings is 2. The maximum atomic E-state index is 13.8. The van der Waals surface area contributed by atoms with Gasteiger partial charge >= 0.3 is 0 Å². The van der Waals surface area contributed by atoms with Crippen LogP contribution in [0.25, 0.3) is 0 Å². The molecular weight excluding hydrogens is 303 g/mol. The van der Waals surface area contributed by atoms with E-state index in [1.807, 2.05) is 0 Å². The molecule has 2 aromatic carbocycles. The van der Waals surface area contributed by atoms with Crippen LogP contribution in [0.5, 0.6) is 0 Å². The summed E-state index contributed by atoms with van der Waals surface area (Å²) in [5.74, 6) is -0.653. The van der Waals surface area contributed by atoms with E-state index in [0.717, 1.165) is 19.6 Å². The molecule has 0 N–H and O–H groups in total. The van der Waals surface area contributed by atoms with Crippen LogP contribution in [0, 0.1) is 19.7 Å². The van der Waals surface area contributed by atoms with Gasteiger partial charge in [-0.05, 0) is 37.1 Å². The second-order valence-electron chi connectivity index (χ2n) is 6.48. The van der Waals surface area contributed by atoms with E-state index in [-0.39, 0.29) is 11.5 Å². The van der Waals surface area contributed by atoms with E-state index in [9.17, 15) is 9.18 Å². The van der Waals surface area contributed by atoms with Crippen LogP contribution in [0.15, 0.2) is 42.5 Å². The number of carbonyl (C=O) groups is 1. The Kier molecular flexibility index (Phi) is 4.95. The number of halogens is 1. The fourth-order valence-corrected chi connectivity index (χ4v) is 3.13. The fourth-order valence-electron chi connectivity index (χ4n) is 3.13. The molecule has 1 amide bonds. The molecule has 0 saturated carbocycles. The zero-order chi connectivity index (χ0) is 17.1. The van der Waals surface area contributed by atoms with Crippen molar-refractivity contribution in [2.75, 3.05) is 26.2 Å². The highest BCUT2D eigenvalue weighted by Crippen LogP contribution is 2.16. The SMILES string of the molecule is Cc1ccc(C)c(CN2CCN(C(=O)c3ccccc3F)CC2)c1. The summed E-state index contributed by atoms with van der Waals surface area (Å²) in [6.07, 6.45) is 0. The van der Waals surface area contributed by atoms with Crippen molar-refractivity contribution in [1.29, 1.82) is 0 Å². The molecule has 1 heterocycles. The summed E-state index contributed by atoms with van der Waals surface area (Å²) in [5, 5.41) is 0. The molecule has 1 fully saturated rings. The molecule has 0 radical (unpaired) electrons. The summed E-state index contributed by atoms with van der Waals surface area (Å²) in [6, 6.07) is 12.7. The predicted molar refractivity (Wildman–Crippen MR) is 93.5 cm³/mol. The summed E-state index contributed by atoms with van der Waals surface area (Å²) in [5.41, 5.74) is 4.07. The van der Waals surface area contributed by atoms with Crippen molar-refractivity contribution < 1.29 is 9.18 Å². The van der Waals surface area contributed by atoms with Gasteiger partial charge in [-0.3, -0.25) is 9.69 Å². The van der Waals surface area contributed by atoms with Gasteiger partial charge in [0, 0.05) is 32.7 Å². The van der Waals surface area contributed by atoms with Gasteiger partial charge in [0.25, 0.3) is 5.91 Å². The van der Waals surface area contributed by atoms with Gasteiger partial charge in [0.05, 0.1) is 5.56 Å². The van der Waals surface area contributed by atoms with Gasteiger partial charge in [-0.1, -0.05) is 35.9 Å². The topological polar surface area (TPSA) is 23.6 Å². The Morgan fingerprint density at radius 2 is 1.75 bits per heavy atom. The lowest BCUT2D eigenvalue weighted by Gasteiger charge is -2.35. The third-order valence-electron chi connectivity index (χ3n) is 4.66. The highest BCUT2D eigenvalue weighted by Gasteiger charge is 2.24. The van der Waals surface area contributed by atoms with Crippen molar-refractivity contribution in [1.82, 2.24) is 9.80 Å². The van der Waals surface area contributed by atoms with Gasteiger partial charge in [0.2, 0.25) is 0 Å². The Morgan fingerprint density at radius 3 is 2.46 bits per heavy atom. The molecule has 1 aliphatic heterocycles. The number of hydrogen-bond donors (Lipinski definition) is 0. The van der Waals surface area contributed by atoms with Crippen molar-refractivity contribution in [3.63, 3.8) is 0 Å². The van der Waals surface area contributed by atoms with Gasteiger partial charge in [-0.15, -0.1) is 0 Å². The van der Waals surface area contributed by atoms with Crippen LogP contribution in [-0.2, 0) is 6.54 Å². The first-order valence-corrected chi connectivity index (χ1v) is 8.37. The number of aryl methyl sites for hydroxylation is 2. The normalized spacial score (nSPS) is 15.5. The average Bonchev–Trinajstić information content (AvgIpc) is 2.59. The largest absolute Gasteiger partial charge is 0.336 e. The highest BCUT2D eigenvalue weighted by molar-refractivity contribution is 5.94. The third kappa shape index (κ3) is 3.65. The van der Waals surface area contributed by atoms with Gasteiger partial charge in [-0.25, -0.2) is 4.39 Å². The molecule has 0 bridgehead atoms. The molecule has 0 aliphatic carbocycles. The lowest BCUT2D eigenvalue weighted by Crippen LogP contribution is -2.48. The Hall–Kier alpha value is -2.20. The minimum Gasteiger partial charge on any atom is -0.336 e. The fraction of sp³-hybridized carbons (Fsp3) is 0.350. The van der Waals surface area contributed by atoms with Gasteiger partial charge < -0.3 is 4.90 Å². The molecule has 0 spiro atoms. The lowest BCUT2D eigenvalue weighted by molar-refractivity contribution is 0.0623. The predicted octanol–water partition coefficient (Wildman–Crippen LogP) is 3.40. The van der Waals surface area contributed by atoms with Crippen LogP contribution in [0.1, 0.15) is 27.0 Å². The number of amides is 1. The number of rotatable bonds is 3. The molecule has 0 atom stereocenters. The Morgan fingerprint density at radius 1 is 1.04 bits per heavy atom. The van der Waals surface area contributed by atoms with E-state index < -0.39 is 5.82 Å². The van der Waals surface area contributed by atoms with Crippen LogP contribution in [0.4, 0.5) is 4.39 Å². The first-order valence-electron chi connectivity index (χ1n) is 8.37. The first kappa shape index (κ1) is 16.7. The van der Waals surface area contributed by atoms with E-state index in [1.54, 1.807) is 23.1 Å². The van der Waals surface area contributed by atoms with Crippen LogP contribution >= 0.6 is 0 Å². The van der Waals surface area contributed by atoms with Crippen molar-refractivity contribution in [3.8, 4) is 0 Å². The van der Waals surface area contributed by atoms with Crippen LogP contribution in [0.3, 0.4) is 0 Å². The van der Waals surface area contributed by atoms with E-state index in [0.29, 0.717) is 13.1 Å². The zero-order valence-electron chi connectivity index (χ0n) is 14.3. The quantitative estimate of drug-likeness (QED) is 0.863. The van der Waals surface area contributed by atoms with Crippen LogP contribution in [0.2, 0.25) is 0 Å². The first-order chi connectivity index (χ1) is 11.5. The minimum absolute atomic E-state index is 0.167. The molecule has 4 heteroatoms. The number of nitrogens with zero attached hydrogens (tertiary/aromatic N) is 2. The van der Waals surface area contributed by atoms with Crippen LogP contribution in [-0.4, -0.2) is 41.9 Å². The standard InChI is InChI=1S/C20H23FN2O/c1-15-7-8-16(2)17(13-15)14-22-9-11-23(12-10-22)20(24)18-5-3-4-6-19(18)21/h3-8,13H,9-12,14H2,1-2H3. The Labute approximate surface area is 142 Å². The maximum absolute atomic E-state index is 13.8. The molecule has 24 heavy (non-hydrogen) atoms. The molecule has 1 aliphatic rings. The van der Waals surface area contributed by atoms with E-state index in [1.165, 1.54) is 22.8 Å². The molecule has 126 valence electrons.